The number of nitro groups is 1. The van der Waals surface area contributed by atoms with Crippen molar-refractivity contribution in [2.45, 2.75) is 17.1 Å². The molecule has 0 aromatic heterocycles. The van der Waals surface area contributed by atoms with E-state index < -0.39 is 20.6 Å². The third-order valence-corrected chi connectivity index (χ3v) is 5.29. The van der Waals surface area contributed by atoms with E-state index in [1.165, 1.54) is 23.9 Å². The molecule has 0 fully saturated rings. The summed E-state index contributed by atoms with van der Waals surface area (Å²) in [5, 5.41) is 11.0. The zero-order valence-corrected chi connectivity index (χ0v) is 13.5. The van der Waals surface area contributed by atoms with Gasteiger partial charge in [0.15, 0.2) is 4.90 Å². The molecule has 1 unspecified atom stereocenters. The van der Waals surface area contributed by atoms with Crippen molar-refractivity contribution >= 4 is 43.4 Å². The lowest BCUT2D eigenvalue weighted by molar-refractivity contribution is -0.387. The van der Waals surface area contributed by atoms with Crippen LogP contribution in [0.15, 0.2) is 27.6 Å². The van der Waals surface area contributed by atoms with Crippen molar-refractivity contribution < 1.29 is 13.3 Å². The third kappa shape index (κ3) is 4.44. The van der Waals surface area contributed by atoms with Gasteiger partial charge in [-0.1, -0.05) is 22.9 Å². The molecule has 1 aromatic rings. The quantitative estimate of drug-likeness (QED) is 0.614. The van der Waals surface area contributed by atoms with E-state index in [1.807, 2.05) is 13.2 Å². The average Bonchev–Trinajstić information content (AvgIpc) is 2.35. The van der Waals surface area contributed by atoms with Crippen molar-refractivity contribution in [3.8, 4) is 0 Å². The number of benzene rings is 1. The maximum atomic E-state index is 12.1. The normalized spacial score (nSPS) is 13.2. The van der Waals surface area contributed by atoms with Gasteiger partial charge in [-0.15, -0.1) is 0 Å². The smallest absolute Gasteiger partial charge is 0.258 e. The van der Waals surface area contributed by atoms with Crippen LogP contribution in [0, 0.1) is 10.1 Å². The molecule has 1 rings (SSSR count). The van der Waals surface area contributed by atoms with Crippen LogP contribution >= 0.6 is 27.7 Å². The fourth-order valence-corrected chi connectivity index (χ4v) is 3.44. The zero-order chi connectivity index (χ0) is 14.6. The second kappa shape index (κ2) is 6.69. The van der Waals surface area contributed by atoms with Crippen molar-refractivity contribution in [3.63, 3.8) is 0 Å². The summed E-state index contributed by atoms with van der Waals surface area (Å²) in [6, 6.07) is 3.82. The minimum Gasteiger partial charge on any atom is -0.258 e. The Morgan fingerprint density at radius 2 is 2.16 bits per heavy atom. The second-order valence-corrected chi connectivity index (χ2v) is 7.69. The van der Waals surface area contributed by atoms with Crippen LogP contribution < -0.4 is 4.72 Å². The maximum Gasteiger partial charge on any atom is 0.289 e. The van der Waals surface area contributed by atoms with Crippen molar-refractivity contribution in [2.24, 2.45) is 0 Å². The number of nitrogens with one attached hydrogen (secondary N) is 1. The van der Waals surface area contributed by atoms with Crippen LogP contribution in [0.5, 0.6) is 0 Å². The van der Waals surface area contributed by atoms with Crippen molar-refractivity contribution in [2.75, 3.05) is 12.8 Å². The Hall–Kier alpha value is -0.640. The van der Waals surface area contributed by atoms with Crippen LogP contribution in [-0.4, -0.2) is 31.4 Å². The van der Waals surface area contributed by atoms with E-state index >= 15 is 0 Å². The van der Waals surface area contributed by atoms with Gasteiger partial charge in [0.25, 0.3) is 5.69 Å². The lowest BCUT2D eigenvalue weighted by Crippen LogP contribution is -2.30. The molecule has 0 aliphatic rings. The first-order valence-electron chi connectivity index (χ1n) is 5.24. The number of thioether (sulfide) groups is 1. The molecule has 1 N–H and O–H groups in total. The summed E-state index contributed by atoms with van der Waals surface area (Å²) in [5.41, 5.74) is -0.437. The molecule has 0 bridgehead atoms. The highest BCUT2D eigenvalue weighted by atomic mass is 79.9. The van der Waals surface area contributed by atoms with Crippen molar-refractivity contribution in [3.05, 3.63) is 32.8 Å². The number of sulfonamides is 1. The fraction of sp³-hybridized carbons (Fsp3) is 0.400. The molecule has 1 aromatic carbocycles. The van der Waals surface area contributed by atoms with E-state index in [0.717, 1.165) is 6.07 Å². The molecule has 0 amide bonds. The number of rotatable bonds is 6. The highest BCUT2D eigenvalue weighted by molar-refractivity contribution is 9.10. The van der Waals surface area contributed by atoms with Gasteiger partial charge in [-0.05, 0) is 18.4 Å². The Morgan fingerprint density at radius 1 is 1.53 bits per heavy atom. The highest BCUT2D eigenvalue weighted by Crippen LogP contribution is 2.27. The molecule has 0 radical (unpaired) electrons. The second-order valence-electron chi connectivity index (χ2n) is 3.77. The zero-order valence-electron chi connectivity index (χ0n) is 10.3. The van der Waals surface area contributed by atoms with Crippen LogP contribution in [-0.2, 0) is 10.0 Å². The number of nitro benzene ring substituents is 1. The molecule has 6 nitrogen and oxygen atoms in total. The van der Waals surface area contributed by atoms with Gasteiger partial charge in [0.1, 0.15) is 0 Å². The summed E-state index contributed by atoms with van der Waals surface area (Å²) < 4.78 is 27.0. The van der Waals surface area contributed by atoms with Crippen LogP contribution in [0.25, 0.3) is 0 Å². The molecule has 106 valence electrons. The fourth-order valence-electron chi connectivity index (χ4n) is 1.24. The molecule has 0 saturated carbocycles. The maximum absolute atomic E-state index is 12.1. The van der Waals surface area contributed by atoms with Crippen molar-refractivity contribution in [1.82, 2.24) is 4.72 Å². The van der Waals surface area contributed by atoms with Gasteiger partial charge < -0.3 is 0 Å². The SMILES string of the molecule is CSC(C)CNS(=O)(=O)c1cc(Br)ccc1[N+](=O)[O-]. The van der Waals surface area contributed by atoms with E-state index in [9.17, 15) is 18.5 Å². The first-order valence-corrected chi connectivity index (χ1v) is 8.80. The topological polar surface area (TPSA) is 89.3 Å². The largest absolute Gasteiger partial charge is 0.289 e. The first kappa shape index (κ1) is 16.4. The molecule has 0 aliphatic heterocycles. The molecule has 9 heteroatoms. The predicted molar refractivity (Wildman–Crippen MR) is 79.0 cm³/mol. The first-order chi connectivity index (χ1) is 8.77. The Kier molecular flexibility index (Phi) is 5.78. The summed E-state index contributed by atoms with van der Waals surface area (Å²) in [5.74, 6) is 0. The van der Waals surface area contributed by atoms with Gasteiger partial charge >= 0.3 is 0 Å². The number of nitrogens with zero attached hydrogens (tertiary/aromatic N) is 1. The Balaban J connectivity index is 3.13. The summed E-state index contributed by atoms with van der Waals surface area (Å²) in [4.78, 5) is 9.83. The van der Waals surface area contributed by atoms with Gasteiger partial charge in [0.05, 0.1) is 4.92 Å². The van der Waals surface area contributed by atoms with E-state index in [2.05, 4.69) is 20.7 Å². The molecule has 0 aliphatic carbocycles. The molecule has 0 heterocycles. The minimum atomic E-state index is -3.90. The lowest BCUT2D eigenvalue weighted by Gasteiger charge is -2.11. The van der Waals surface area contributed by atoms with Crippen LogP contribution in [0.3, 0.4) is 0 Å². The highest BCUT2D eigenvalue weighted by Gasteiger charge is 2.26. The third-order valence-electron chi connectivity index (χ3n) is 2.37. The predicted octanol–water partition coefficient (Wildman–Crippen LogP) is 2.39. The Bertz CT molecular complexity index is 577. The van der Waals surface area contributed by atoms with Crippen molar-refractivity contribution in [1.29, 1.82) is 0 Å². The Labute approximate surface area is 124 Å². The van der Waals surface area contributed by atoms with Gasteiger partial charge in [-0.3, -0.25) is 10.1 Å². The Morgan fingerprint density at radius 3 is 2.68 bits per heavy atom. The van der Waals surface area contributed by atoms with Gasteiger partial charge in [0.2, 0.25) is 10.0 Å². The number of halogens is 1. The summed E-state index contributed by atoms with van der Waals surface area (Å²) in [6.07, 6.45) is 1.86. The standard InChI is InChI=1S/C10H13BrN2O4S2/c1-7(18-2)6-12-19(16,17)10-5-8(11)3-4-9(10)13(14)15/h3-5,7,12H,6H2,1-2H3. The molecular formula is C10H13BrN2O4S2. The molecule has 19 heavy (non-hydrogen) atoms. The van der Waals surface area contributed by atoms with Crippen LogP contribution in [0.2, 0.25) is 0 Å². The molecule has 0 saturated heterocycles. The van der Waals surface area contributed by atoms with Gasteiger partial charge in [0, 0.05) is 22.3 Å². The lowest BCUT2D eigenvalue weighted by atomic mass is 10.3. The van der Waals surface area contributed by atoms with E-state index in [0.29, 0.717) is 4.47 Å². The average molecular weight is 369 g/mol. The van der Waals surface area contributed by atoms with Crippen LogP contribution in [0.4, 0.5) is 5.69 Å². The van der Waals surface area contributed by atoms with E-state index in [-0.39, 0.29) is 16.7 Å². The van der Waals surface area contributed by atoms with Crippen LogP contribution in [0.1, 0.15) is 6.92 Å². The number of hydrogen-bond donors (Lipinski definition) is 1. The summed E-state index contributed by atoms with van der Waals surface area (Å²) >= 11 is 4.62. The minimum absolute atomic E-state index is 0.0842. The molecule has 1 atom stereocenters. The molecular weight excluding hydrogens is 356 g/mol. The van der Waals surface area contributed by atoms with E-state index in [1.54, 1.807) is 0 Å². The molecule has 0 spiro atoms. The number of hydrogen-bond acceptors (Lipinski definition) is 5. The summed E-state index contributed by atoms with van der Waals surface area (Å²) in [6.45, 7) is 2.08. The van der Waals surface area contributed by atoms with E-state index in [4.69, 9.17) is 0 Å². The van der Waals surface area contributed by atoms with Gasteiger partial charge in [-0.25, -0.2) is 13.1 Å². The monoisotopic (exact) mass is 368 g/mol. The summed E-state index contributed by atoms with van der Waals surface area (Å²) in [7, 11) is -3.90. The van der Waals surface area contributed by atoms with Gasteiger partial charge in [-0.2, -0.15) is 11.8 Å².